The highest BCUT2D eigenvalue weighted by Gasteiger charge is 2.18. The van der Waals surface area contributed by atoms with Crippen molar-refractivity contribution in [3.05, 3.63) is 36.7 Å². The van der Waals surface area contributed by atoms with Crippen LogP contribution in [0, 0.1) is 0 Å². The molecule has 0 atom stereocenters. The Hall–Kier alpha value is -2.48. The van der Waals surface area contributed by atoms with Gasteiger partial charge in [-0.2, -0.15) is 9.61 Å². The maximum atomic E-state index is 12.3. The molecule has 3 aromatic rings. The van der Waals surface area contributed by atoms with Crippen LogP contribution in [0.25, 0.3) is 16.9 Å². The van der Waals surface area contributed by atoms with E-state index in [-0.39, 0.29) is 5.91 Å². The second kappa shape index (κ2) is 7.18. The highest BCUT2D eigenvalue weighted by Crippen LogP contribution is 2.21. The van der Waals surface area contributed by atoms with Crippen LogP contribution in [-0.4, -0.2) is 54.4 Å². The van der Waals surface area contributed by atoms with Crippen molar-refractivity contribution in [2.75, 3.05) is 18.8 Å². The zero-order chi connectivity index (χ0) is 17.1. The van der Waals surface area contributed by atoms with Gasteiger partial charge in [0.1, 0.15) is 0 Å². The van der Waals surface area contributed by atoms with Gasteiger partial charge in [-0.25, -0.2) is 0 Å². The average molecular weight is 354 g/mol. The number of aromatic nitrogens is 5. The van der Waals surface area contributed by atoms with Crippen molar-refractivity contribution in [1.29, 1.82) is 0 Å². The third kappa shape index (κ3) is 3.48. The Morgan fingerprint density at radius 2 is 2.00 bits per heavy atom. The number of pyridine rings is 1. The molecule has 1 saturated heterocycles. The second-order valence-electron chi connectivity index (χ2n) is 5.94. The van der Waals surface area contributed by atoms with Crippen molar-refractivity contribution in [3.63, 3.8) is 0 Å². The van der Waals surface area contributed by atoms with E-state index in [0.717, 1.165) is 37.2 Å². The quantitative estimate of drug-likeness (QED) is 0.669. The van der Waals surface area contributed by atoms with Crippen LogP contribution in [-0.2, 0) is 4.79 Å². The number of amides is 1. The number of hydrogen-bond acceptors (Lipinski definition) is 6. The fourth-order valence-electron chi connectivity index (χ4n) is 2.89. The minimum absolute atomic E-state index is 0.157. The van der Waals surface area contributed by atoms with E-state index in [4.69, 9.17) is 0 Å². The first-order chi connectivity index (χ1) is 12.3. The van der Waals surface area contributed by atoms with Crippen molar-refractivity contribution in [1.82, 2.24) is 29.7 Å². The Morgan fingerprint density at radius 1 is 1.12 bits per heavy atom. The highest BCUT2D eigenvalue weighted by atomic mass is 32.2. The summed E-state index contributed by atoms with van der Waals surface area (Å²) in [5.41, 5.74) is 2.39. The lowest BCUT2D eigenvalue weighted by molar-refractivity contribution is -0.129. The van der Waals surface area contributed by atoms with E-state index in [1.54, 1.807) is 16.9 Å². The van der Waals surface area contributed by atoms with Gasteiger partial charge in [0.05, 0.1) is 11.4 Å². The van der Waals surface area contributed by atoms with E-state index in [9.17, 15) is 4.79 Å². The molecule has 25 heavy (non-hydrogen) atoms. The molecule has 0 aromatic carbocycles. The minimum atomic E-state index is 0.157. The van der Waals surface area contributed by atoms with Crippen LogP contribution >= 0.6 is 11.8 Å². The van der Waals surface area contributed by atoms with Crippen LogP contribution < -0.4 is 0 Å². The summed E-state index contributed by atoms with van der Waals surface area (Å²) >= 11 is 1.38. The molecular formula is C17H18N6OS. The Morgan fingerprint density at radius 3 is 2.80 bits per heavy atom. The molecule has 0 spiro atoms. The third-order valence-corrected chi connectivity index (χ3v) is 5.13. The topological polar surface area (TPSA) is 76.3 Å². The first kappa shape index (κ1) is 16.0. The minimum Gasteiger partial charge on any atom is -0.342 e. The van der Waals surface area contributed by atoms with Gasteiger partial charge in [0.25, 0.3) is 0 Å². The fraction of sp³-hybridized carbons (Fsp3) is 0.353. The van der Waals surface area contributed by atoms with Gasteiger partial charge in [-0.1, -0.05) is 11.8 Å². The summed E-state index contributed by atoms with van der Waals surface area (Å²) in [5, 5.41) is 13.5. The van der Waals surface area contributed by atoms with Crippen molar-refractivity contribution in [2.45, 2.75) is 24.4 Å². The Labute approximate surface area is 149 Å². The first-order valence-electron chi connectivity index (χ1n) is 8.35. The maximum absolute atomic E-state index is 12.3. The van der Waals surface area contributed by atoms with E-state index in [1.807, 2.05) is 29.2 Å². The van der Waals surface area contributed by atoms with Crippen LogP contribution in [0.3, 0.4) is 0 Å². The summed E-state index contributed by atoms with van der Waals surface area (Å²) in [6, 6.07) is 7.60. The summed E-state index contributed by atoms with van der Waals surface area (Å²) in [4.78, 5) is 18.4. The van der Waals surface area contributed by atoms with Crippen molar-refractivity contribution < 1.29 is 4.79 Å². The molecule has 3 aromatic heterocycles. The average Bonchev–Trinajstić information content (AvgIpc) is 3.10. The largest absolute Gasteiger partial charge is 0.342 e. The van der Waals surface area contributed by atoms with Crippen LogP contribution in [0.5, 0.6) is 0 Å². The smallest absolute Gasteiger partial charge is 0.233 e. The molecule has 7 nitrogen and oxygen atoms in total. The van der Waals surface area contributed by atoms with E-state index < -0.39 is 0 Å². The number of thioether (sulfide) groups is 1. The first-order valence-corrected chi connectivity index (χ1v) is 9.33. The maximum Gasteiger partial charge on any atom is 0.233 e. The van der Waals surface area contributed by atoms with Gasteiger partial charge in [0, 0.05) is 31.0 Å². The van der Waals surface area contributed by atoms with Crippen molar-refractivity contribution in [3.8, 4) is 11.3 Å². The Balaban J connectivity index is 1.52. The molecule has 1 aliphatic heterocycles. The number of carbonyl (C=O) groups is 1. The number of piperidine rings is 1. The summed E-state index contributed by atoms with van der Waals surface area (Å²) in [7, 11) is 0. The lowest BCUT2D eigenvalue weighted by atomic mass is 10.1. The number of hydrogen-bond donors (Lipinski definition) is 0. The monoisotopic (exact) mass is 354 g/mol. The second-order valence-corrected chi connectivity index (χ2v) is 6.89. The predicted octanol–water partition coefficient (Wildman–Crippen LogP) is 2.29. The number of nitrogens with zero attached hydrogens (tertiary/aromatic N) is 6. The van der Waals surface area contributed by atoms with Gasteiger partial charge >= 0.3 is 0 Å². The van der Waals surface area contributed by atoms with Gasteiger partial charge < -0.3 is 4.90 Å². The summed E-state index contributed by atoms with van der Waals surface area (Å²) in [6.07, 6.45) is 6.91. The van der Waals surface area contributed by atoms with Gasteiger partial charge in [-0.05, 0) is 43.5 Å². The zero-order valence-corrected chi connectivity index (χ0v) is 14.5. The molecule has 0 radical (unpaired) electrons. The summed E-state index contributed by atoms with van der Waals surface area (Å²) in [5.74, 6) is 0.518. The molecule has 8 heteroatoms. The molecule has 1 aliphatic rings. The standard InChI is InChI=1S/C17H18N6OS/c24-16(22-9-2-1-3-10-22)12-25-17-20-19-15-7-6-14(21-23(15)17)13-5-4-8-18-11-13/h4-8,11H,1-3,9-10,12H2. The van der Waals surface area contributed by atoms with Gasteiger partial charge in [0.15, 0.2) is 5.65 Å². The fourth-order valence-corrected chi connectivity index (χ4v) is 3.68. The molecule has 0 N–H and O–H groups in total. The van der Waals surface area contributed by atoms with E-state index >= 15 is 0 Å². The molecule has 128 valence electrons. The van der Waals surface area contributed by atoms with Crippen LogP contribution in [0.2, 0.25) is 0 Å². The zero-order valence-electron chi connectivity index (χ0n) is 13.7. The number of rotatable bonds is 4. The normalized spacial score (nSPS) is 14.8. The van der Waals surface area contributed by atoms with Gasteiger partial charge in [-0.3, -0.25) is 9.78 Å². The van der Waals surface area contributed by atoms with Crippen molar-refractivity contribution >= 4 is 23.3 Å². The Kier molecular flexibility index (Phi) is 4.60. The highest BCUT2D eigenvalue weighted by molar-refractivity contribution is 7.99. The molecule has 1 fully saturated rings. The molecule has 4 heterocycles. The van der Waals surface area contributed by atoms with E-state index in [0.29, 0.717) is 16.6 Å². The van der Waals surface area contributed by atoms with Crippen LogP contribution in [0.1, 0.15) is 19.3 Å². The van der Waals surface area contributed by atoms with Gasteiger partial charge in [-0.15, -0.1) is 10.2 Å². The molecule has 0 aliphatic carbocycles. The van der Waals surface area contributed by atoms with Crippen LogP contribution in [0.4, 0.5) is 0 Å². The van der Waals surface area contributed by atoms with Crippen LogP contribution in [0.15, 0.2) is 41.8 Å². The number of carbonyl (C=O) groups excluding carboxylic acids is 1. The molecular weight excluding hydrogens is 336 g/mol. The molecule has 0 unspecified atom stereocenters. The van der Waals surface area contributed by atoms with E-state index in [2.05, 4.69) is 20.3 Å². The molecule has 1 amide bonds. The Bertz CT molecular complexity index is 875. The molecule has 0 bridgehead atoms. The third-order valence-electron chi connectivity index (χ3n) is 4.23. The molecule has 4 rings (SSSR count). The SMILES string of the molecule is O=C(CSc1nnc2ccc(-c3cccnc3)nn12)N1CCCCC1. The molecule has 0 saturated carbocycles. The summed E-state index contributed by atoms with van der Waals surface area (Å²) in [6.45, 7) is 1.73. The lowest BCUT2D eigenvalue weighted by Crippen LogP contribution is -2.36. The van der Waals surface area contributed by atoms with Gasteiger partial charge in [0.2, 0.25) is 11.1 Å². The number of likely N-dealkylation sites (tertiary alicyclic amines) is 1. The van der Waals surface area contributed by atoms with E-state index in [1.165, 1.54) is 18.2 Å². The predicted molar refractivity (Wildman–Crippen MR) is 95.2 cm³/mol. The number of fused-ring (bicyclic) bond motifs is 1. The summed E-state index contributed by atoms with van der Waals surface area (Å²) < 4.78 is 1.69. The van der Waals surface area contributed by atoms with Crippen molar-refractivity contribution in [2.24, 2.45) is 0 Å². The lowest BCUT2D eigenvalue weighted by Gasteiger charge is -2.26.